The second-order valence-electron chi connectivity index (χ2n) is 8.33. The molecule has 0 amide bonds. The topological polar surface area (TPSA) is 38.4 Å². The van der Waals surface area contributed by atoms with Gasteiger partial charge in [0.05, 0.1) is 5.54 Å². The van der Waals surface area contributed by atoms with Crippen LogP contribution in [0.4, 0.5) is 0 Å². The lowest BCUT2D eigenvalue weighted by Crippen LogP contribution is -2.41. The Hall–Kier alpha value is -1.05. The van der Waals surface area contributed by atoms with Crippen molar-refractivity contribution in [2.45, 2.75) is 77.2 Å². The zero-order valence-electron chi connectivity index (χ0n) is 14.2. The maximum atomic E-state index is 6.43. The van der Waals surface area contributed by atoms with E-state index in [-0.39, 0.29) is 11.0 Å². The van der Waals surface area contributed by atoms with Crippen molar-refractivity contribution in [3.05, 3.63) is 23.3 Å². The molecule has 22 heavy (non-hydrogen) atoms. The highest BCUT2D eigenvalue weighted by molar-refractivity contribution is 5.98. The molecular weight excluding hydrogens is 268 g/mol. The van der Waals surface area contributed by atoms with E-state index in [2.05, 4.69) is 26.0 Å². The van der Waals surface area contributed by atoms with Gasteiger partial charge >= 0.3 is 0 Å². The van der Waals surface area contributed by atoms with Crippen molar-refractivity contribution in [1.82, 2.24) is 0 Å². The quantitative estimate of drug-likeness (QED) is 0.733. The van der Waals surface area contributed by atoms with Crippen molar-refractivity contribution in [1.29, 1.82) is 0 Å². The number of amidine groups is 1. The summed E-state index contributed by atoms with van der Waals surface area (Å²) in [5, 5.41) is 0. The summed E-state index contributed by atoms with van der Waals surface area (Å²) < 4.78 is 0. The molecule has 2 aliphatic heterocycles. The lowest BCUT2D eigenvalue weighted by molar-refractivity contribution is 0.148. The molecule has 1 saturated carbocycles. The first-order chi connectivity index (χ1) is 10.6. The molecule has 2 N–H and O–H groups in total. The van der Waals surface area contributed by atoms with Gasteiger partial charge in [-0.15, -0.1) is 0 Å². The molecule has 0 spiro atoms. The van der Waals surface area contributed by atoms with Crippen LogP contribution in [0, 0.1) is 17.3 Å². The fourth-order valence-corrected chi connectivity index (χ4v) is 5.91. The number of rotatable bonds is 2. The van der Waals surface area contributed by atoms with E-state index in [1.807, 2.05) is 0 Å². The van der Waals surface area contributed by atoms with Gasteiger partial charge in [0.15, 0.2) is 0 Å². The average molecular weight is 298 g/mol. The van der Waals surface area contributed by atoms with Crippen molar-refractivity contribution < 1.29 is 0 Å². The molecule has 0 aromatic rings. The molecule has 0 saturated heterocycles. The number of nitrogens with zero attached hydrogens (tertiary/aromatic N) is 1. The van der Waals surface area contributed by atoms with E-state index in [4.69, 9.17) is 10.7 Å². The fourth-order valence-electron chi connectivity index (χ4n) is 5.91. The molecule has 120 valence electrons. The summed E-state index contributed by atoms with van der Waals surface area (Å²) in [6.45, 7) is 4.76. The van der Waals surface area contributed by atoms with Gasteiger partial charge in [-0.1, -0.05) is 38.0 Å². The lowest BCUT2D eigenvalue weighted by Gasteiger charge is -2.46. The van der Waals surface area contributed by atoms with Gasteiger partial charge in [0, 0.05) is 5.41 Å². The molecular formula is C20H30N2. The molecule has 3 aliphatic carbocycles. The van der Waals surface area contributed by atoms with E-state index in [0.717, 1.165) is 24.1 Å². The zero-order valence-corrected chi connectivity index (χ0v) is 14.2. The van der Waals surface area contributed by atoms with Crippen LogP contribution in [0.1, 0.15) is 71.6 Å². The normalized spacial score (nSPS) is 45.8. The maximum Gasteiger partial charge on any atom is 0.121 e. The van der Waals surface area contributed by atoms with E-state index < -0.39 is 0 Å². The Morgan fingerprint density at radius 3 is 2.91 bits per heavy atom. The number of fused-ring (bicyclic) bond motifs is 2. The van der Waals surface area contributed by atoms with E-state index in [1.165, 1.54) is 56.9 Å². The van der Waals surface area contributed by atoms with Crippen LogP contribution in [0.3, 0.4) is 0 Å². The summed E-state index contributed by atoms with van der Waals surface area (Å²) in [5.74, 6) is 2.55. The first kappa shape index (κ1) is 14.5. The Labute approximate surface area is 135 Å². The van der Waals surface area contributed by atoms with Crippen molar-refractivity contribution in [2.75, 3.05) is 0 Å². The van der Waals surface area contributed by atoms with Gasteiger partial charge in [-0.05, 0) is 68.8 Å². The molecule has 0 aromatic carbocycles. The second-order valence-corrected chi connectivity index (χ2v) is 8.33. The highest BCUT2D eigenvalue weighted by Gasteiger charge is 2.48. The highest BCUT2D eigenvalue weighted by Crippen LogP contribution is 2.58. The summed E-state index contributed by atoms with van der Waals surface area (Å²) in [6.07, 6.45) is 16.4. The Morgan fingerprint density at radius 2 is 2.14 bits per heavy atom. The Bertz CT molecular complexity index is 570. The minimum atomic E-state index is 0.149. The SMILES string of the molecule is CCCC12CC/C(=C/C3(C)C4=CCC3C(CC4)CC1)C(N)=N2. The molecule has 5 rings (SSSR count). The third kappa shape index (κ3) is 2.02. The molecule has 1 fully saturated rings. The summed E-state index contributed by atoms with van der Waals surface area (Å²) in [4.78, 5) is 5.06. The molecule has 5 aliphatic rings. The molecule has 4 atom stereocenters. The van der Waals surface area contributed by atoms with Crippen LogP contribution in [0.5, 0.6) is 0 Å². The highest BCUT2D eigenvalue weighted by atomic mass is 15.0. The van der Waals surface area contributed by atoms with Gasteiger partial charge in [0.1, 0.15) is 5.84 Å². The van der Waals surface area contributed by atoms with Gasteiger partial charge in [0.25, 0.3) is 0 Å². The first-order valence-electron chi connectivity index (χ1n) is 9.33. The molecule has 2 heteroatoms. The Kier molecular flexibility index (Phi) is 3.29. The van der Waals surface area contributed by atoms with Crippen molar-refractivity contribution >= 4 is 5.84 Å². The average Bonchev–Trinajstić information content (AvgIpc) is 2.68. The smallest absolute Gasteiger partial charge is 0.121 e. The van der Waals surface area contributed by atoms with Crippen LogP contribution in [0.25, 0.3) is 0 Å². The summed E-state index contributed by atoms with van der Waals surface area (Å²) in [6, 6.07) is 0. The van der Waals surface area contributed by atoms with Crippen molar-refractivity contribution in [3.63, 3.8) is 0 Å². The van der Waals surface area contributed by atoms with E-state index in [0.29, 0.717) is 0 Å². The predicted octanol–water partition coefficient (Wildman–Crippen LogP) is 4.76. The van der Waals surface area contributed by atoms with Crippen LogP contribution in [-0.4, -0.2) is 11.4 Å². The standard InChI is InChI=1S/C20H30N2/c1-3-10-20-11-8-14-4-5-16-6-7-17(14)19(16,2)13-15(9-12-20)18(21)22-20/h6,13-14,17H,3-5,7-12H2,1-2H3,(H2,21,22)/b15-13-. The van der Waals surface area contributed by atoms with Crippen LogP contribution in [0.15, 0.2) is 28.3 Å². The molecule has 6 bridgehead atoms. The van der Waals surface area contributed by atoms with Crippen LogP contribution in [-0.2, 0) is 0 Å². The summed E-state index contributed by atoms with van der Waals surface area (Å²) >= 11 is 0. The maximum absolute atomic E-state index is 6.43. The molecule has 2 nitrogen and oxygen atoms in total. The monoisotopic (exact) mass is 298 g/mol. The van der Waals surface area contributed by atoms with Crippen LogP contribution >= 0.6 is 0 Å². The van der Waals surface area contributed by atoms with Gasteiger partial charge in [-0.2, -0.15) is 0 Å². The number of nitrogens with two attached hydrogens (primary N) is 1. The largest absolute Gasteiger partial charge is 0.384 e. The molecule has 2 heterocycles. The Balaban J connectivity index is 1.80. The van der Waals surface area contributed by atoms with Gasteiger partial charge in [-0.25, -0.2) is 0 Å². The van der Waals surface area contributed by atoms with E-state index in [9.17, 15) is 0 Å². The summed E-state index contributed by atoms with van der Waals surface area (Å²) in [5.41, 5.74) is 9.86. The molecule has 4 unspecified atom stereocenters. The number of aliphatic imine (C=N–C) groups is 1. The van der Waals surface area contributed by atoms with Gasteiger partial charge < -0.3 is 5.73 Å². The van der Waals surface area contributed by atoms with Crippen molar-refractivity contribution in [3.8, 4) is 0 Å². The van der Waals surface area contributed by atoms with Crippen LogP contribution in [0.2, 0.25) is 0 Å². The minimum absolute atomic E-state index is 0.149. The summed E-state index contributed by atoms with van der Waals surface area (Å²) in [7, 11) is 0. The van der Waals surface area contributed by atoms with Crippen molar-refractivity contribution in [2.24, 2.45) is 28.0 Å². The predicted molar refractivity (Wildman–Crippen MR) is 92.8 cm³/mol. The fraction of sp³-hybridized carbons (Fsp3) is 0.750. The minimum Gasteiger partial charge on any atom is -0.384 e. The first-order valence-corrected chi connectivity index (χ1v) is 9.33. The third-order valence-corrected chi connectivity index (χ3v) is 7.15. The van der Waals surface area contributed by atoms with Gasteiger partial charge in [0.2, 0.25) is 0 Å². The second kappa shape index (κ2) is 4.97. The van der Waals surface area contributed by atoms with E-state index in [1.54, 1.807) is 5.57 Å². The Morgan fingerprint density at radius 1 is 1.27 bits per heavy atom. The number of hydrogen-bond donors (Lipinski definition) is 1. The van der Waals surface area contributed by atoms with Crippen LogP contribution < -0.4 is 5.73 Å². The zero-order chi connectivity index (χ0) is 15.4. The number of hydrogen-bond acceptors (Lipinski definition) is 2. The molecule has 0 radical (unpaired) electrons. The van der Waals surface area contributed by atoms with Gasteiger partial charge in [-0.3, -0.25) is 4.99 Å². The van der Waals surface area contributed by atoms with E-state index >= 15 is 0 Å². The number of allylic oxidation sites excluding steroid dienone is 3. The lowest BCUT2D eigenvalue weighted by atomic mass is 9.60. The molecule has 0 aromatic heterocycles. The third-order valence-electron chi connectivity index (χ3n) is 7.15.